The predicted molar refractivity (Wildman–Crippen MR) is 65.8 cm³/mol. The van der Waals surface area contributed by atoms with Gasteiger partial charge < -0.3 is 20.4 Å². The van der Waals surface area contributed by atoms with Gasteiger partial charge in [-0.15, -0.1) is 0 Å². The Hall–Kier alpha value is -0.240. The van der Waals surface area contributed by atoms with Crippen molar-refractivity contribution in [2.45, 2.75) is 13.0 Å². The highest BCUT2D eigenvalue weighted by Crippen LogP contribution is 1.95. The summed E-state index contributed by atoms with van der Waals surface area (Å²) < 4.78 is 0. The second-order valence-corrected chi connectivity index (χ2v) is 4.16. The van der Waals surface area contributed by atoms with Gasteiger partial charge in [-0.1, -0.05) is 0 Å². The third kappa shape index (κ3) is 9.46. The maximum absolute atomic E-state index is 9.30. The van der Waals surface area contributed by atoms with Crippen LogP contribution in [0.1, 0.15) is 6.92 Å². The van der Waals surface area contributed by atoms with Crippen LogP contribution < -0.4 is 0 Å². The molecule has 17 heavy (non-hydrogen) atoms. The van der Waals surface area contributed by atoms with Crippen LogP contribution in [0.25, 0.3) is 0 Å². The molecule has 0 aliphatic carbocycles. The molecule has 0 fully saturated rings. The molecular formula is C11H26N2O4. The molecule has 0 amide bonds. The third-order valence-electron chi connectivity index (χ3n) is 2.50. The second kappa shape index (κ2) is 10.9. The summed E-state index contributed by atoms with van der Waals surface area (Å²) in [6.07, 6.45) is -0.425. The first kappa shape index (κ1) is 16.8. The summed E-state index contributed by atoms with van der Waals surface area (Å²) >= 11 is 0. The topological polar surface area (TPSA) is 87.4 Å². The Morgan fingerprint density at radius 1 is 0.765 bits per heavy atom. The van der Waals surface area contributed by atoms with E-state index in [1.165, 1.54) is 0 Å². The average molecular weight is 250 g/mol. The van der Waals surface area contributed by atoms with Gasteiger partial charge in [0.15, 0.2) is 0 Å². The van der Waals surface area contributed by atoms with Crippen LogP contribution in [0.5, 0.6) is 0 Å². The van der Waals surface area contributed by atoms with Crippen LogP contribution in [-0.4, -0.2) is 95.4 Å². The molecule has 0 aromatic rings. The zero-order valence-corrected chi connectivity index (χ0v) is 10.6. The Morgan fingerprint density at radius 2 is 1.18 bits per heavy atom. The van der Waals surface area contributed by atoms with Gasteiger partial charge in [0.2, 0.25) is 0 Å². The molecule has 0 radical (unpaired) electrons. The monoisotopic (exact) mass is 250 g/mol. The first-order valence-electron chi connectivity index (χ1n) is 6.09. The van der Waals surface area contributed by atoms with Gasteiger partial charge in [0.05, 0.1) is 25.9 Å². The molecule has 4 N–H and O–H groups in total. The van der Waals surface area contributed by atoms with E-state index in [2.05, 4.69) is 0 Å². The molecule has 104 valence electrons. The van der Waals surface area contributed by atoms with Crippen LogP contribution in [0, 0.1) is 0 Å². The minimum absolute atomic E-state index is 0.0622. The Labute approximate surface area is 103 Å². The number of aliphatic hydroxyl groups excluding tert-OH is 4. The minimum atomic E-state index is -0.425. The van der Waals surface area contributed by atoms with E-state index in [0.29, 0.717) is 39.3 Å². The van der Waals surface area contributed by atoms with Gasteiger partial charge in [-0.25, -0.2) is 0 Å². The molecule has 6 heteroatoms. The maximum atomic E-state index is 9.30. The Kier molecular flexibility index (Phi) is 10.7. The van der Waals surface area contributed by atoms with Gasteiger partial charge in [-0.3, -0.25) is 9.80 Å². The Morgan fingerprint density at radius 3 is 1.59 bits per heavy atom. The zero-order chi connectivity index (χ0) is 13.1. The lowest BCUT2D eigenvalue weighted by atomic mass is 10.3. The highest BCUT2D eigenvalue weighted by Gasteiger charge is 2.10. The summed E-state index contributed by atoms with van der Waals surface area (Å²) in [6, 6.07) is 0. The first-order chi connectivity index (χ1) is 8.13. The van der Waals surface area contributed by atoms with Crippen molar-refractivity contribution in [3.8, 4) is 0 Å². The first-order valence-corrected chi connectivity index (χ1v) is 6.09. The molecule has 1 unspecified atom stereocenters. The molecular weight excluding hydrogens is 224 g/mol. The van der Waals surface area contributed by atoms with Gasteiger partial charge in [0, 0.05) is 39.3 Å². The van der Waals surface area contributed by atoms with Crippen molar-refractivity contribution in [2.75, 3.05) is 59.1 Å². The Bertz CT molecular complexity index is 164. The van der Waals surface area contributed by atoms with Crippen molar-refractivity contribution in [3.05, 3.63) is 0 Å². The fraction of sp³-hybridized carbons (Fsp3) is 1.00. The highest BCUT2D eigenvalue weighted by molar-refractivity contribution is 4.65. The van der Waals surface area contributed by atoms with Gasteiger partial charge in [0.25, 0.3) is 0 Å². The minimum Gasteiger partial charge on any atom is -0.395 e. The van der Waals surface area contributed by atoms with E-state index in [0.717, 1.165) is 0 Å². The van der Waals surface area contributed by atoms with Crippen molar-refractivity contribution in [1.82, 2.24) is 9.80 Å². The van der Waals surface area contributed by atoms with Crippen LogP contribution in [0.4, 0.5) is 0 Å². The summed E-state index contributed by atoms with van der Waals surface area (Å²) in [5.74, 6) is 0. The quantitative estimate of drug-likeness (QED) is 0.338. The van der Waals surface area contributed by atoms with Crippen LogP contribution in [-0.2, 0) is 0 Å². The van der Waals surface area contributed by atoms with Crippen LogP contribution in [0.15, 0.2) is 0 Å². The van der Waals surface area contributed by atoms with Gasteiger partial charge in [-0.2, -0.15) is 0 Å². The standard InChI is InChI=1S/C11H26N2O4/c1-11(17)10-13(6-9-16)3-2-12(4-7-14)5-8-15/h11,14-17H,2-10H2,1H3. The van der Waals surface area contributed by atoms with Gasteiger partial charge >= 0.3 is 0 Å². The van der Waals surface area contributed by atoms with E-state index < -0.39 is 6.10 Å². The van der Waals surface area contributed by atoms with E-state index in [1.54, 1.807) is 6.92 Å². The number of aliphatic hydroxyl groups is 4. The van der Waals surface area contributed by atoms with E-state index >= 15 is 0 Å². The molecule has 0 aromatic heterocycles. The number of rotatable bonds is 11. The molecule has 0 aromatic carbocycles. The van der Waals surface area contributed by atoms with E-state index in [-0.39, 0.29) is 19.8 Å². The summed E-state index contributed by atoms with van der Waals surface area (Å²) in [5, 5.41) is 35.9. The lowest BCUT2D eigenvalue weighted by molar-refractivity contribution is 0.0935. The fourth-order valence-electron chi connectivity index (χ4n) is 1.71. The van der Waals surface area contributed by atoms with Crippen molar-refractivity contribution in [2.24, 2.45) is 0 Å². The molecule has 0 rings (SSSR count). The normalized spacial score (nSPS) is 13.6. The van der Waals surface area contributed by atoms with Crippen LogP contribution >= 0.6 is 0 Å². The van der Waals surface area contributed by atoms with Gasteiger partial charge in [-0.05, 0) is 6.92 Å². The molecule has 0 bridgehead atoms. The van der Waals surface area contributed by atoms with Crippen molar-refractivity contribution >= 4 is 0 Å². The van der Waals surface area contributed by atoms with E-state index in [1.807, 2.05) is 9.80 Å². The fourth-order valence-corrected chi connectivity index (χ4v) is 1.71. The van der Waals surface area contributed by atoms with Gasteiger partial charge in [0.1, 0.15) is 0 Å². The number of hydrogen-bond donors (Lipinski definition) is 4. The predicted octanol–water partition coefficient (Wildman–Crippen LogP) is -2.05. The lowest BCUT2D eigenvalue weighted by Crippen LogP contribution is -2.41. The molecule has 0 spiro atoms. The molecule has 0 aliphatic heterocycles. The van der Waals surface area contributed by atoms with Crippen LogP contribution in [0.3, 0.4) is 0 Å². The second-order valence-electron chi connectivity index (χ2n) is 4.16. The SMILES string of the molecule is CC(O)CN(CCO)CCN(CCO)CCO. The highest BCUT2D eigenvalue weighted by atomic mass is 16.3. The smallest absolute Gasteiger partial charge is 0.0639 e. The van der Waals surface area contributed by atoms with Crippen molar-refractivity contribution in [3.63, 3.8) is 0 Å². The van der Waals surface area contributed by atoms with E-state index in [9.17, 15) is 5.11 Å². The molecule has 0 saturated heterocycles. The summed E-state index contributed by atoms with van der Waals surface area (Å²) in [7, 11) is 0. The molecule has 6 nitrogen and oxygen atoms in total. The third-order valence-corrected chi connectivity index (χ3v) is 2.50. The van der Waals surface area contributed by atoms with E-state index in [4.69, 9.17) is 15.3 Å². The average Bonchev–Trinajstić information content (AvgIpc) is 2.26. The maximum Gasteiger partial charge on any atom is 0.0639 e. The molecule has 0 saturated carbocycles. The van der Waals surface area contributed by atoms with Crippen LogP contribution in [0.2, 0.25) is 0 Å². The molecule has 0 heterocycles. The molecule has 1 atom stereocenters. The summed E-state index contributed by atoms with van der Waals surface area (Å²) in [6.45, 7) is 5.41. The van der Waals surface area contributed by atoms with Crippen molar-refractivity contribution < 1.29 is 20.4 Å². The Balaban J connectivity index is 3.96. The lowest BCUT2D eigenvalue weighted by Gasteiger charge is -2.27. The zero-order valence-electron chi connectivity index (χ0n) is 10.6. The summed E-state index contributed by atoms with van der Waals surface area (Å²) in [5.41, 5.74) is 0. The van der Waals surface area contributed by atoms with Crippen molar-refractivity contribution in [1.29, 1.82) is 0 Å². The molecule has 0 aliphatic rings. The number of nitrogens with zero attached hydrogens (tertiary/aromatic N) is 2. The summed E-state index contributed by atoms with van der Waals surface area (Å²) in [4.78, 5) is 3.92. The largest absolute Gasteiger partial charge is 0.395 e. The number of hydrogen-bond acceptors (Lipinski definition) is 6.